The Morgan fingerprint density at radius 2 is 1.93 bits per heavy atom. The molecule has 2 aromatic carbocycles. The molecule has 4 aromatic rings. The first kappa shape index (κ1) is 20.3. The molecule has 0 saturated heterocycles. The summed E-state index contributed by atoms with van der Waals surface area (Å²) >= 11 is 5.95. The highest BCUT2D eigenvalue weighted by Crippen LogP contribution is 2.19. The predicted octanol–water partition coefficient (Wildman–Crippen LogP) is 4.17. The number of aromatic amines is 2. The molecule has 0 unspecified atom stereocenters. The molecule has 0 bridgehead atoms. The largest absolute Gasteiger partial charge is 0.309 e. The van der Waals surface area contributed by atoms with Crippen molar-refractivity contribution in [1.29, 1.82) is 0 Å². The number of nitrogens with one attached hydrogen (secondary N) is 2. The smallest absolute Gasteiger partial charge is 0.258 e. The van der Waals surface area contributed by atoms with Crippen LogP contribution in [-0.2, 0) is 13.0 Å². The van der Waals surface area contributed by atoms with Crippen LogP contribution < -0.4 is 5.56 Å². The Morgan fingerprint density at radius 3 is 2.73 bits per heavy atom. The van der Waals surface area contributed by atoms with Crippen LogP contribution in [0.4, 0.5) is 4.39 Å². The normalized spacial score (nSPS) is 11.5. The van der Waals surface area contributed by atoms with Gasteiger partial charge in [-0.15, -0.1) is 0 Å². The molecular weight excluding hydrogens is 405 g/mol. The average molecular weight is 426 g/mol. The summed E-state index contributed by atoms with van der Waals surface area (Å²) in [4.78, 5) is 21.7. The molecule has 0 atom stereocenters. The number of H-pyrrole nitrogens is 2. The molecular formula is C22H21ClFN5O. The molecule has 2 heterocycles. The third-order valence-corrected chi connectivity index (χ3v) is 5.13. The van der Waals surface area contributed by atoms with E-state index in [2.05, 4.69) is 25.1 Å². The second-order valence-corrected chi connectivity index (χ2v) is 7.74. The summed E-state index contributed by atoms with van der Waals surface area (Å²) < 4.78 is 13.1. The second kappa shape index (κ2) is 8.77. The summed E-state index contributed by atoms with van der Waals surface area (Å²) in [5.74, 6) is 0.362. The Balaban J connectivity index is 1.33. The van der Waals surface area contributed by atoms with E-state index in [1.807, 2.05) is 13.1 Å². The summed E-state index contributed by atoms with van der Waals surface area (Å²) in [6.07, 6.45) is 1.74. The van der Waals surface area contributed by atoms with Gasteiger partial charge in [-0.2, -0.15) is 5.10 Å². The van der Waals surface area contributed by atoms with E-state index in [0.29, 0.717) is 28.3 Å². The first-order valence-corrected chi connectivity index (χ1v) is 10.0. The standard InChI is InChI=1S/C22H21ClFN5O/c1-29(13-21-25-19-9-6-15(23)11-18(19)22(30)26-21)10-2-3-17-12-20(28-27-17)14-4-7-16(24)8-5-14/h4-9,11-12H,2-3,10,13H2,1H3,(H,27,28)(H,25,26,30). The number of aromatic nitrogens is 4. The molecule has 8 heteroatoms. The molecule has 0 radical (unpaired) electrons. The van der Waals surface area contributed by atoms with Gasteiger partial charge in [0.15, 0.2) is 0 Å². The number of rotatable bonds is 7. The van der Waals surface area contributed by atoms with Crippen molar-refractivity contribution in [2.24, 2.45) is 0 Å². The highest BCUT2D eigenvalue weighted by atomic mass is 35.5. The Labute approximate surface area is 177 Å². The molecule has 154 valence electrons. The van der Waals surface area contributed by atoms with Gasteiger partial charge in [0.1, 0.15) is 11.6 Å². The molecule has 2 aromatic heterocycles. The van der Waals surface area contributed by atoms with Gasteiger partial charge < -0.3 is 4.98 Å². The zero-order valence-electron chi connectivity index (χ0n) is 16.5. The van der Waals surface area contributed by atoms with Crippen LogP contribution in [0.15, 0.2) is 53.3 Å². The molecule has 4 rings (SSSR count). The first-order valence-electron chi connectivity index (χ1n) is 9.65. The van der Waals surface area contributed by atoms with E-state index in [1.165, 1.54) is 12.1 Å². The summed E-state index contributed by atoms with van der Waals surface area (Å²) in [5, 5.41) is 8.35. The maximum Gasteiger partial charge on any atom is 0.258 e. The Morgan fingerprint density at radius 1 is 1.13 bits per heavy atom. The topological polar surface area (TPSA) is 77.7 Å². The third-order valence-electron chi connectivity index (χ3n) is 4.89. The lowest BCUT2D eigenvalue weighted by atomic mass is 10.1. The van der Waals surface area contributed by atoms with E-state index in [9.17, 15) is 9.18 Å². The molecule has 0 fully saturated rings. The third kappa shape index (κ3) is 4.75. The minimum Gasteiger partial charge on any atom is -0.309 e. The van der Waals surface area contributed by atoms with Gasteiger partial charge >= 0.3 is 0 Å². The van der Waals surface area contributed by atoms with E-state index in [4.69, 9.17) is 11.6 Å². The maximum absolute atomic E-state index is 13.1. The van der Waals surface area contributed by atoms with Crippen LogP contribution >= 0.6 is 11.6 Å². The van der Waals surface area contributed by atoms with Crippen molar-refractivity contribution in [3.8, 4) is 11.3 Å². The lowest BCUT2D eigenvalue weighted by molar-refractivity contribution is 0.314. The van der Waals surface area contributed by atoms with Crippen molar-refractivity contribution in [2.45, 2.75) is 19.4 Å². The SMILES string of the molecule is CN(CCCc1cc(-c2ccc(F)cc2)n[nH]1)Cc1nc2ccc(Cl)cc2c(=O)[nH]1. The van der Waals surface area contributed by atoms with Crippen LogP contribution in [0.25, 0.3) is 22.2 Å². The molecule has 0 aliphatic carbocycles. The lowest BCUT2D eigenvalue weighted by Gasteiger charge is -2.15. The highest BCUT2D eigenvalue weighted by Gasteiger charge is 2.09. The molecule has 6 nitrogen and oxygen atoms in total. The fourth-order valence-corrected chi connectivity index (χ4v) is 3.54. The summed E-state index contributed by atoms with van der Waals surface area (Å²) in [6.45, 7) is 1.37. The van der Waals surface area contributed by atoms with Crippen LogP contribution in [0.2, 0.25) is 5.02 Å². The minimum atomic E-state index is -0.261. The zero-order valence-corrected chi connectivity index (χ0v) is 17.2. The monoisotopic (exact) mass is 425 g/mol. The van der Waals surface area contributed by atoms with Crippen molar-refractivity contribution in [1.82, 2.24) is 25.1 Å². The van der Waals surface area contributed by atoms with Crippen LogP contribution in [0.3, 0.4) is 0 Å². The first-order chi connectivity index (χ1) is 14.5. The maximum atomic E-state index is 13.1. The fourth-order valence-electron chi connectivity index (χ4n) is 3.37. The van der Waals surface area contributed by atoms with Crippen LogP contribution in [0.5, 0.6) is 0 Å². The quantitative estimate of drug-likeness (QED) is 0.466. The molecule has 2 N–H and O–H groups in total. The molecule has 0 saturated carbocycles. The van der Waals surface area contributed by atoms with Gasteiger partial charge in [0.25, 0.3) is 5.56 Å². The Kier molecular flexibility index (Phi) is 5.92. The van der Waals surface area contributed by atoms with Gasteiger partial charge in [-0.05, 0) is 75.0 Å². The number of hydrogen-bond acceptors (Lipinski definition) is 4. The number of fused-ring (bicyclic) bond motifs is 1. The Hall–Kier alpha value is -3.03. The summed E-state index contributed by atoms with van der Waals surface area (Å²) in [7, 11) is 1.99. The van der Waals surface area contributed by atoms with Gasteiger partial charge in [0.2, 0.25) is 0 Å². The average Bonchev–Trinajstić information content (AvgIpc) is 3.18. The van der Waals surface area contributed by atoms with Crippen molar-refractivity contribution in [2.75, 3.05) is 13.6 Å². The van der Waals surface area contributed by atoms with Crippen LogP contribution in [-0.4, -0.2) is 38.7 Å². The van der Waals surface area contributed by atoms with E-state index >= 15 is 0 Å². The molecule has 30 heavy (non-hydrogen) atoms. The number of aryl methyl sites for hydroxylation is 1. The minimum absolute atomic E-state index is 0.184. The molecule has 0 amide bonds. The Bertz CT molecular complexity index is 1220. The van der Waals surface area contributed by atoms with Crippen molar-refractivity contribution < 1.29 is 4.39 Å². The lowest BCUT2D eigenvalue weighted by Crippen LogP contribution is -2.23. The molecule has 0 aliphatic rings. The second-order valence-electron chi connectivity index (χ2n) is 7.30. The number of halogens is 2. The highest BCUT2D eigenvalue weighted by molar-refractivity contribution is 6.31. The van der Waals surface area contributed by atoms with Gasteiger partial charge in [-0.1, -0.05) is 11.6 Å². The molecule has 0 aliphatic heterocycles. The van der Waals surface area contributed by atoms with Crippen molar-refractivity contribution in [3.63, 3.8) is 0 Å². The summed E-state index contributed by atoms with van der Waals surface area (Å²) in [5.41, 5.74) is 3.16. The number of nitrogens with zero attached hydrogens (tertiary/aromatic N) is 3. The zero-order chi connectivity index (χ0) is 21.1. The van der Waals surface area contributed by atoms with E-state index in [-0.39, 0.29) is 11.4 Å². The predicted molar refractivity (Wildman–Crippen MR) is 116 cm³/mol. The van der Waals surface area contributed by atoms with Gasteiger partial charge in [-0.3, -0.25) is 14.8 Å². The number of benzene rings is 2. The summed E-state index contributed by atoms with van der Waals surface area (Å²) in [6, 6.07) is 13.4. The fraction of sp³-hybridized carbons (Fsp3) is 0.227. The van der Waals surface area contributed by atoms with Gasteiger partial charge in [0, 0.05) is 16.3 Å². The van der Waals surface area contributed by atoms with Crippen LogP contribution in [0, 0.1) is 5.82 Å². The van der Waals surface area contributed by atoms with Crippen molar-refractivity contribution in [3.05, 3.63) is 81.2 Å². The van der Waals surface area contributed by atoms with Crippen LogP contribution in [0.1, 0.15) is 17.9 Å². The van der Waals surface area contributed by atoms with E-state index < -0.39 is 0 Å². The van der Waals surface area contributed by atoms with Gasteiger partial charge in [0.05, 0.1) is 23.1 Å². The molecule has 0 spiro atoms. The van der Waals surface area contributed by atoms with Crippen molar-refractivity contribution >= 4 is 22.5 Å². The van der Waals surface area contributed by atoms with Gasteiger partial charge in [-0.25, -0.2) is 9.37 Å². The number of hydrogen-bond donors (Lipinski definition) is 2. The van der Waals surface area contributed by atoms with E-state index in [0.717, 1.165) is 36.3 Å². The van der Waals surface area contributed by atoms with E-state index in [1.54, 1.807) is 30.3 Å².